The molecule has 0 aliphatic carbocycles. The zero-order chi connectivity index (χ0) is 22.8. The van der Waals surface area contributed by atoms with Crippen molar-refractivity contribution < 1.29 is 23.9 Å². The minimum atomic E-state index is -0.923. The van der Waals surface area contributed by atoms with Crippen LogP contribution in [-0.2, 0) is 26.2 Å². The summed E-state index contributed by atoms with van der Waals surface area (Å²) in [5.41, 5.74) is 4.84. The number of benzene rings is 1. The number of hydrogen-bond donors (Lipinski definition) is 1. The summed E-state index contributed by atoms with van der Waals surface area (Å²) in [5, 5.41) is 0.877. The Bertz CT molecular complexity index is 975. The molecule has 0 spiro atoms. The molecule has 0 bridgehead atoms. The lowest BCUT2D eigenvalue weighted by molar-refractivity contribution is -0.150. The SMILES string of the molecule is C=CCONC1CN(C(=O)OC(C)(C)C)C(C(=O)OCC)c2c1n(C)c1ccccc21. The van der Waals surface area contributed by atoms with E-state index in [-0.39, 0.29) is 19.2 Å². The Balaban J connectivity index is 2.18. The Hall–Kier alpha value is -2.84. The number of hydrogen-bond acceptors (Lipinski definition) is 6. The summed E-state index contributed by atoms with van der Waals surface area (Å²) in [7, 11) is 1.94. The summed E-state index contributed by atoms with van der Waals surface area (Å²) >= 11 is 0. The number of carbonyl (C=O) groups excluding carboxylic acids is 2. The lowest BCUT2D eigenvalue weighted by Gasteiger charge is -2.39. The molecule has 1 N–H and O–H groups in total. The number of nitrogens with one attached hydrogen (secondary N) is 1. The molecule has 1 amide bonds. The summed E-state index contributed by atoms with van der Waals surface area (Å²) in [6.45, 7) is 11.5. The first kappa shape index (κ1) is 22.8. The highest BCUT2D eigenvalue weighted by molar-refractivity contribution is 5.94. The molecule has 2 aromatic rings. The molecular weight excluding hydrogens is 398 g/mol. The zero-order valence-corrected chi connectivity index (χ0v) is 18.8. The van der Waals surface area contributed by atoms with Crippen LogP contribution in [0.2, 0.25) is 0 Å². The lowest BCUT2D eigenvalue weighted by atomic mass is 9.93. The number of aryl methyl sites for hydroxylation is 1. The van der Waals surface area contributed by atoms with Crippen LogP contribution in [0, 0.1) is 0 Å². The van der Waals surface area contributed by atoms with Crippen LogP contribution in [0.1, 0.15) is 51.0 Å². The molecule has 1 aromatic carbocycles. The predicted octanol–water partition coefficient (Wildman–Crippen LogP) is 3.78. The van der Waals surface area contributed by atoms with Gasteiger partial charge in [-0.2, -0.15) is 5.48 Å². The fourth-order valence-electron chi connectivity index (χ4n) is 3.96. The van der Waals surface area contributed by atoms with Crippen LogP contribution in [0.4, 0.5) is 4.79 Å². The van der Waals surface area contributed by atoms with E-state index >= 15 is 0 Å². The Morgan fingerprint density at radius 1 is 1.29 bits per heavy atom. The predicted molar refractivity (Wildman–Crippen MR) is 117 cm³/mol. The third kappa shape index (κ3) is 4.60. The van der Waals surface area contributed by atoms with Crippen LogP contribution < -0.4 is 5.48 Å². The van der Waals surface area contributed by atoms with E-state index in [4.69, 9.17) is 14.3 Å². The first-order chi connectivity index (χ1) is 14.7. The van der Waals surface area contributed by atoms with Crippen molar-refractivity contribution in [1.82, 2.24) is 14.9 Å². The number of para-hydroxylation sites is 1. The summed E-state index contributed by atoms with van der Waals surface area (Å²) in [4.78, 5) is 33.2. The number of aromatic nitrogens is 1. The van der Waals surface area contributed by atoms with E-state index in [0.717, 1.165) is 16.6 Å². The van der Waals surface area contributed by atoms with Crippen molar-refractivity contribution in [2.45, 2.75) is 45.4 Å². The van der Waals surface area contributed by atoms with E-state index in [1.165, 1.54) is 4.90 Å². The van der Waals surface area contributed by atoms with Gasteiger partial charge in [-0.15, -0.1) is 6.58 Å². The Morgan fingerprint density at radius 3 is 2.65 bits per heavy atom. The number of nitrogens with zero attached hydrogens (tertiary/aromatic N) is 2. The first-order valence-corrected chi connectivity index (χ1v) is 10.4. The summed E-state index contributed by atoms with van der Waals surface area (Å²) < 4.78 is 13.0. The van der Waals surface area contributed by atoms with E-state index < -0.39 is 23.7 Å². The quantitative estimate of drug-likeness (QED) is 0.326. The van der Waals surface area contributed by atoms with E-state index in [1.54, 1.807) is 33.8 Å². The van der Waals surface area contributed by atoms with Crippen molar-refractivity contribution in [2.24, 2.45) is 7.05 Å². The van der Waals surface area contributed by atoms with Crippen LogP contribution in [0.5, 0.6) is 0 Å². The van der Waals surface area contributed by atoms with Gasteiger partial charge in [0.1, 0.15) is 5.60 Å². The Morgan fingerprint density at radius 2 is 2.00 bits per heavy atom. The van der Waals surface area contributed by atoms with Gasteiger partial charge >= 0.3 is 12.1 Å². The van der Waals surface area contributed by atoms with Crippen LogP contribution >= 0.6 is 0 Å². The molecule has 0 saturated heterocycles. The molecule has 8 nitrogen and oxygen atoms in total. The summed E-state index contributed by atoms with van der Waals surface area (Å²) in [6, 6.07) is 6.47. The molecule has 0 radical (unpaired) electrons. The molecule has 3 rings (SSSR count). The fraction of sp³-hybridized carbons (Fsp3) is 0.478. The van der Waals surface area contributed by atoms with Crippen molar-refractivity contribution >= 4 is 23.0 Å². The molecule has 31 heavy (non-hydrogen) atoms. The molecular formula is C23H31N3O5. The van der Waals surface area contributed by atoms with Gasteiger partial charge in [0.05, 0.1) is 19.3 Å². The average Bonchev–Trinajstić information content (AvgIpc) is 3.00. The van der Waals surface area contributed by atoms with E-state index in [2.05, 4.69) is 12.1 Å². The largest absolute Gasteiger partial charge is 0.464 e. The van der Waals surface area contributed by atoms with Gasteiger partial charge in [0.15, 0.2) is 6.04 Å². The average molecular weight is 430 g/mol. The lowest BCUT2D eigenvalue weighted by Crippen LogP contribution is -2.50. The highest BCUT2D eigenvalue weighted by atomic mass is 16.6. The molecule has 168 valence electrons. The molecule has 2 unspecified atom stereocenters. The van der Waals surface area contributed by atoms with Gasteiger partial charge in [-0.3, -0.25) is 9.74 Å². The molecule has 0 fully saturated rings. The van der Waals surface area contributed by atoms with Crippen LogP contribution in [0.25, 0.3) is 10.9 Å². The van der Waals surface area contributed by atoms with Crippen LogP contribution in [0.15, 0.2) is 36.9 Å². The summed E-state index contributed by atoms with van der Waals surface area (Å²) in [5.74, 6) is -0.489. The normalized spacial score (nSPS) is 18.5. The second-order valence-corrected chi connectivity index (χ2v) is 8.43. The van der Waals surface area contributed by atoms with E-state index in [0.29, 0.717) is 12.2 Å². The first-order valence-electron chi connectivity index (χ1n) is 10.4. The highest BCUT2D eigenvalue weighted by Crippen LogP contribution is 2.42. The number of amides is 1. The van der Waals surface area contributed by atoms with Gasteiger partial charge in [0, 0.05) is 35.8 Å². The number of hydroxylamine groups is 1. The fourth-order valence-corrected chi connectivity index (χ4v) is 3.96. The maximum absolute atomic E-state index is 13.2. The minimum Gasteiger partial charge on any atom is -0.464 e. The van der Waals surface area contributed by atoms with Crippen molar-refractivity contribution in [3.63, 3.8) is 0 Å². The van der Waals surface area contributed by atoms with E-state index in [1.807, 2.05) is 35.9 Å². The molecule has 1 aliphatic rings. The Labute approximate surface area is 182 Å². The monoisotopic (exact) mass is 429 g/mol. The summed E-state index contributed by atoms with van der Waals surface area (Å²) in [6.07, 6.45) is 1.05. The molecule has 0 saturated carbocycles. The van der Waals surface area contributed by atoms with Crippen molar-refractivity contribution in [1.29, 1.82) is 0 Å². The third-order valence-electron chi connectivity index (χ3n) is 5.05. The number of rotatable bonds is 6. The van der Waals surface area contributed by atoms with Gasteiger partial charge in [0.2, 0.25) is 0 Å². The standard InChI is InChI=1S/C23H31N3O5/c1-7-13-30-24-16-14-26(22(28)31-23(3,4)5)20(21(27)29-8-2)18-15-11-9-10-12-17(15)25(6)19(16)18/h7,9-12,16,20,24H,1,8,13-14H2,2-6H3. The molecule has 1 aromatic heterocycles. The number of carbonyl (C=O) groups is 2. The van der Waals surface area contributed by atoms with Crippen LogP contribution in [-0.4, -0.2) is 46.9 Å². The third-order valence-corrected chi connectivity index (χ3v) is 5.05. The van der Waals surface area contributed by atoms with E-state index in [9.17, 15) is 9.59 Å². The molecule has 2 heterocycles. The highest BCUT2D eigenvalue weighted by Gasteiger charge is 2.45. The van der Waals surface area contributed by atoms with Gasteiger partial charge < -0.3 is 14.0 Å². The smallest absolute Gasteiger partial charge is 0.411 e. The number of ether oxygens (including phenoxy) is 2. The maximum Gasteiger partial charge on any atom is 0.411 e. The maximum atomic E-state index is 13.2. The van der Waals surface area contributed by atoms with Gasteiger partial charge in [-0.1, -0.05) is 24.3 Å². The Kier molecular flexibility index (Phi) is 6.71. The van der Waals surface area contributed by atoms with Gasteiger partial charge in [0.25, 0.3) is 0 Å². The van der Waals surface area contributed by atoms with Crippen molar-refractivity contribution in [3.8, 4) is 0 Å². The van der Waals surface area contributed by atoms with Gasteiger partial charge in [-0.05, 0) is 33.8 Å². The number of esters is 1. The van der Waals surface area contributed by atoms with Crippen LogP contribution in [0.3, 0.4) is 0 Å². The molecule has 1 aliphatic heterocycles. The zero-order valence-electron chi connectivity index (χ0n) is 18.8. The van der Waals surface area contributed by atoms with Gasteiger partial charge in [-0.25, -0.2) is 9.59 Å². The molecule has 2 atom stereocenters. The topological polar surface area (TPSA) is 82.0 Å². The second-order valence-electron chi connectivity index (χ2n) is 8.43. The van der Waals surface area contributed by atoms with Crippen molar-refractivity contribution in [2.75, 3.05) is 19.8 Å². The second kappa shape index (κ2) is 9.11. The molecule has 8 heteroatoms. The number of fused-ring (bicyclic) bond motifs is 3. The van der Waals surface area contributed by atoms with Crippen molar-refractivity contribution in [3.05, 3.63) is 48.2 Å². The minimum absolute atomic E-state index is 0.173.